The standard InChI is InChI=1S/C8H10N4/c1-2-3-7-4-5-8(10-6-9)12-11-7/h4-5H,2-3H2,1H3,(H,10,12). The van der Waals surface area contributed by atoms with Crippen LogP contribution in [0.4, 0.5) is 5.82 Å². The summed E-state index contributed by atoms with van der Waals surface area (Å²) in [5.74, 6) is 0.498. The van der Waals surface area contributed by atoms with E-state index in [4.69, 9.17) is 5.26 Å². The van der Waals surface area contributed by atoms with Gasteiger partial charge in [-0.3, -0.25) is 5.32 Å². The van der Waals surface area contributed by atoms with Crippen LogP contribution < -0.4 is 5.32 Å². The van der Waals surface area contributed by atoms with Gasteiger partial charge in [0.25, 0.3) is 0 Å². The van der Waals surface area contributed by atoms with Crippen LogP contribution in [0.5, 0.6) is 0 Å². The van der Waals surface area contributed by atoms with Crippen molar-refractivity contribution in [3.8, 4) is 6.19 Å². The smallest absolute Gasteiger partial charge is 0.182 e. The van der Waals surface area contributed by atoms with Crippen LogP contribution in [0.25, 0.3) is 0 Å². The zero-order valence-electron chi connectivity index (χ0n) is 6.91. The zero-order chi connectivity index (χ0) is 8.81. The summed E-state index contributed by atoms with van der Waals surface area (Å²) in [7, 11) is 0. The maximum absolute atomic E-state index is 8.26. The van der Waals surface area contributed by atoms with E-state index in [2.05, 4.69) is 22.4 Å². The minimum absolute atomic E-state index is 0.498. The van der Waals surface area contributed by atoms with E-state index < -0.39 is 0 Å². The molecule has 1 aromatic heterocycles. The summed E-state index contributed by atoms with van der Waals surface area (Å²) in [6.07, 6.45) is 3.77. The summed E-state index contributed by atoms with van der Waals surface area (Å²) >= 11 is 0. The van der Waals surface area contributed by atoms with Crippen LogP contribution in [0.2, 0.25) is 0 Å². The van der Waals surface area contributed by atoms with Gasteiger partial charge in [-0.25, -0.2) is 0 Å². The first kappa shape index (κ1) is 8.47. The van der Waals surface area contributed by atoms with Gasteiger partial charge in [-0.15, -0.1) is 5.10 Å². The molecule has 0 fully saturated rings. The fraction of sp³-hybridized carbons (Fsp3) is 0.375. The number of hydrogen-bond donors (Lipinski definition) is 1. The molecule has 0 spiro atoms. The lowest BCUT2D eigenvalue weighted by Gasteiger charge is -1.97. The lowest BCUT2D eigenvalue weighted by molar-refractivity contribution is 0.841. The van der Waals surface area contributed by atoms with Gasteiger partial charge in [0.15, 0.2) is 12.0 Å². The number of anilines is 1. The van der Waals surface area contributed by atoms with Crippen LogP contribution in [0.15, 0.2) is 12.1 Å². The molecule has 62 valence electrons. The number of aromatic nitrogens is 2. The number of nitriles is 1. The highest BCUT2D eigenvalue weighted by atomic mass is 15.2. The van der Waals surface area contributed by atoms with Crippen LogP contribution in [0.1, 0.15) is 19.0 Å². The highest BCUT2D eigenvalue weighted by Gasteiger charge is 1.94. The number of nitrogens with one attached hydrogen (secondary N) is 1. The highest BCUT2D eigenvalue weighted by molar-refractivity contribution is 5.36. The van der Waals surface area contributed by atoms with E-state index in [1.807, 2.05) is 6.07 Å². The molecular weight excluding hydrogens is 152 g/mol. The Morgan fingerprint density at radius 3 is 2.83 bits per heavy atom. The molecule has 0 radical (unpaired) electrons. The molecule has 12 heavy (non-hydrogen) atoms. The van der Waals surface area contributed by atoms with Crippen molar-refractivity contribution in [3.63, 3.8) is 0 Å². The molecule has 0 aliphatic carbocycles. The third-order valence-electron chi connectivity index (χ3n) is 1.41. The zero-order valence-corrected chi connectivity index (χ0v) is 6.91. The summed E-state index contributed by atoms with van der Waals surface area (Å²) in [4.78, 5) is 0. The molecular formula is C8H10N4. The average Bonchev–Trinajstić information content (AvgIpc) is 2.09. The van der Waals surface area contributed by atoms with Crippen LogP contribution in [0.3, 0.4) is 0 Å². The first-order valence-corrected chi connectivity index (χ1v) is 3.84. The second kappa shape index (κ2) is 4.29. The Labute approximate surface area is 71.2 Å². The maximum Gasteiger partial charge on any atom is 0.182 e. The van der Waals surface area contributed by atoms with Crippen molar-refractivity contribution >= 4 is 5.82 Å². The van der Waals surface area contributed by atoms with E-state index in [-0.39, 0.29) is 0 Å². The van der Waals surface area contributed by atoms with Gasteiger partial charge in [-0.1, -0.05) is 13.3 Å². The fourth-order valence-electron chi connectivity index (χ4n) is 0.873. The van der Waals surface area contributed by atoms with Crippen molar-refractivity contribution in [2.45, 2.75) is 19.8 Å². The largest absolute Gasteiger partial charge is 0.275 e. The lowest BCUT2D eigenvalue weighted by Crippen LogP contribution is -1.96. The quantitative estimate of drug-likeness (QED) is 0.538. The third-order valence-corrected chi connectivity index (χ3v) is 1.41. The van der Waals surface area contributed by atoms with Crippen LogP contribution in [0, 0.1) is 11.5 Å². The normalized spacial score (nSPS) is 9.00. The summed E-state index contributed by atoms with van der Waals surface area (Å²) in [5.41, 5.74) is 0.959. The summed E-state index contributed by atoms with van der Waals surface area (Å²) in [6, 6.07) is 3.62. The Morgan fingerprint density at radius 1 is 1.50 bits per heavy atom. The highest BCUT2D eigenvalue weighted by Crippen LogP contribution is 2.02. The Morgan fingerprint density at radius 2 is 2.33 bits per heavy atom. The molecule has 4 heteroatoms. The first-order chi connectivity index (χ1) is 5.86. The van der Waals surface area contributed by atoms with Gasteiger partial charge in [0, 0.05) is 0 Å². The number of hydrogen-bond acceptors (Lipinski definition) is 4. The minimum Gasteiger partial charge on any atom is -0.275 e. The van der Waals surface area contributed by atoms with Gasteiger partial charge < -0.3 is 0 Å². The molecule has 0 aliphatic rings. The van der Waals surface area contributed by atoms with E-state index in [0.29, 0.717) is 5.82 Å². The third kappa shape index (κ3) is 2.20. The number of aryl methyl sites for hydroxylation is 1. The van der Waals surface area contributed by atoms with Gasteiger partial charge >= 0.3 is 0 Å². The Balaban J connectivity index is 2.66. The van der Waals surface area contributed by atoms with E-state index in [9.17, 15) is 0 Å². The van der Waals surface area contributed by atoms with Crippen molar-refractivity contribution in [1.29, 1.82) is 5.26 Å². The Hall–Kier alpha value is -1.63. The summed E-state index contributed by atoms with van der Waals surface area (Å²) < 4.78 is 0. The average molecular weight is 162 g/mol. The van der Waals surface area contributed by atoms with E-state index in [1.165, 1.54) is 0 Å². The molecule has 0 atom stereocenters. The van der Waals surface area contributed by atoms with E-state index >= 15 is 0 Å². The molecule has 0 unspecified atom stereocenters. The predicted molar refractivity (Wildman–Crippen MR) is 45.3 cm³/mol. The molecule has 0 bridgehead atoms. The Bertz CT molecular complexity index is 272. The maximum atomic E-state index is 8.26. The molecule has 0 saturated heterocycles. The first-order valence-electron chi connectivity index (χ1n) is 3.84. The SMILES string of the molecule is CCCc1ccc(NC#N)nn1. The van der Waals surface area contributed by atoms with Crippen LogP contribution in [-0.2, 0) is 6.42 Å². The van der Waals surface area contributed by atoms with Crippen molar-refractivity contribution in [2.75, 3.05) is 5.32 Å². The van der Waals surface area contributed by atoms with Gasteiger partial charge in [-0.05, 0) is 18.6 Å². The molecule has 0 amide bonds. The summed E-state index contributed by atoms with van der Waals surface area (Å²) in [6.45, 7) is 2.09. The van der Waals surface area contributed by atoms with Crippen LogP contribution in [-0.4, -0.2) is 10.2 Å². The monoisotopic (exact) mass is 162 g/mol. The molecule has 4 nitrogen and oxygen atoms in total. The second-order valence-corrected chi connectivity index (χ2v) is 2.40. The second-order valence-electron chi connectivity index (χ2n) is 2.40. The van der Waals surface area contributed by atoms with Gasteiger partial charge in [0.05, 0.1) is 5.69 Å². The number of nitrogens with zero attached hydrogens (tertiary/aromatic N) is 3. The topological polar surface area (TPSA) is 61.6 Å². The molecule has 1 rings (SSSR count). The van der Waals surface area contributed by atoms with Crippen molar-refractivity contribution in [1.82, 2.24) is 10.2 Å². The number of rotatable bonds is 3. The molecule has 1 aromatic rings. The fourth-order valence-corrected chi connectivity index (χ4v) is 0.873. The molecule has 0 saturated carbocycles. The van der Waals surface area contributed by atoms with E-state index in [0.717, 1.165) is 18.5 Å². The van der Waals surface area contributed by atoms with Crippen molar-refractivity contribution in [2.24, 2.45) is 0 Å². The van der Waals surface area contributed by atoms with Crippen LogP contribution >= 0.6 is 0 Å². The molecule has 0 aromatic carbocycles. The predicted octanol–water partition coefficient (Wildman–Crippen LogP) is 1.32. The molecule has 0 aliphatic heterocycles. The Kier molecular flexibility index (Phi) is 3.03. The lowest BCUT2D eigenvalue weighted by atomic mass is 10.2. The molecule has 1 N–H and O–H groups in total. The van der Waals surface area contributed by atoms with Crippen molar-refractivity contribution in [3.05, 3.63) is 17.8 Å². The molecule has 1 heterocycles. The van der Waals surface area contributed by atoms with Gasteiger partial charge in [0.1, 0.15) is 0 Å². The minimum atomic E-state index is 0.498. The van der Waals surface area contributed by atoms with E-state index in [1.54, 1.807) is 12.3 Å². The van der Waals surface area contributed by atoms with Gasteiger partial charge in [0.2, 0.25) is 0 Å². The summed E-state index contributed by atoms with van der Waals surface area (Å²) in [5, 5.41) is 18.4. The van der Waals surface area contributed by atoms with Crippen molar-refractivity contribution < 1.29 is 0 Å². The van der Waals surface area contributed by atoms with Gasteiger partial charge in [-0.2, -0.15) is 10.4 Å².